The number of halogens is 1. The highest BCUT2D eigenvalue weighted by molar-refractivity contribution is 7.85. The molecule has 2 N–H and O–H groups in total. The van der Waals surface area contributed by atoms with Crippen LogP contribution in [0.1, 0.15) is 5.56 Å². The van der Waals surface area contributed by atoms with E-state index >= 15 is 0 Å². The van der Waals surface area contributed by atoms with Crippen molar-refractivity contribution in [2.75, 3.05) is 29.5 Å². The van der Waals surface area contributed by atoms with E-state index in [0.717, 1.165) is 24.3 Å². The van der Waals surface area contributed by atoms with Gasteiger partial charge in [-0.3, -0.25) is 4.21 Å². The van der Waals surface area contributed by atoms with Gasteiger partial charge in [0.2, 0.25) is 0 Å². The first-order valence-corrected chi connectivity index (χ1v) is 6.77. The van der Waals surface area contributed by atoms with Crippen LogP contribution in [-0.2, 0) is 17.3 Å². The summed E-state index contributed by atoms with van der Waals surface area (Å²) in [4.78, 5) is 2.06. The van der Waals surface area contributed by atoms with E-state index in [1.807, 2.05) is 6.07 Å². The molecule has 1 aliphatic heterocycles. The van der Waals surface area contributed by atoms with Crippen molar-refractivity contribution in [3.63, 3.8) is 0 Å². The fraction of sp³-hybridized carbons (Fsp3) is 0.455. The molecule has 0 unspecified atom stereocenters. The summed E-state index contributed by atoms with van der Waals surface area (Å²) in [5.74, 6) is 1.06. The summed E-state index contributed by atoms with van der Waals surface area (Å²) in [5, 5.41) is 0. The fourth-order valence-electron chi connectivity index (χ4n) is 1.83. The maximum absolute atomic E-state index is 13.3. The van der Waals surface area contributed by atoms with E-state index in [0.29, 0.717) is 18.1 Å². The van der Waals surface area contributed by atoms with Crippen molar-refractivity contribution >= 4 is 16.5 Å². The second-order valence-electron chi connectivity index (χ2n) is 3.86. The number of nitrogens with zero attached hydrogens (tertiary/aromatic N) is 1. The minimum absolute atomic E-state index is 0.260. The molecule has 0 bridgehead atoms. The molecule has 0 aromatic heterocycles. The molecule has 1 aromatic rings. The maximum atomic E-state index is 13.3. The van der Waals surface area contributed by atoms with Gasteiger partial charge < -0.3 is 10.6 Å². The zero-order valence-corrected chi connectivity index (χ0v) is 9.80. The molecule has 1 saturated heterocycles. The Morgan fingerprint density at radius 2 is 2.00 bits per heavy atom. The smallest absolute Gasteiger partial charge is 0.125 e. The van der Waals surface area contributed by atoms with Crippen molar-refractivity contribution in [1.82, 2.24) is 0 Å². The van der Waals surface area contributed by atoms with E-state index < -0.39 is 10.8 Å². The fourth-order valence-corrected chi connectivity index (χ4v) is 2.88. The quantitative estimate of drug-likeness (QED) is 0.836. The first-order chi connectivity index (χ1) is 7.69. The SMILES string of the molecule is NCc1cc(F)cc(N2CCS(=O)CC2)c1. The second-order valence-corrected chi connectivity index (χ2v) is 5.55. The Morgan fingerprint density at radius 3 is 2.62 bits per heavy atom. The molecule has 16 heavy (non-hydrogen) atoms. The highest BCUT2D eigenvalue weighted by Crippen LogP contribution is 2.20. The van der Waals surface area contributed by atoms with Gasteiger partial charge in [0, 0.05) is 47.6 Å². The third kappa shape index (κ3) is 2.59. The molecular weight excluding hydrogens is 227 g/mol. The molecule has 5 heteroatoms. The number of anilines is 1. The summed E-state index contributed by atoms with van der Waals surface area (Å²) in [6, 6.07) is 4.86. The van der Waals surface area contributed by atoms with Gasteiger partial charge in [-0.2, -0.15) is 0 Å². The summed E-state index contributed by atoms with van der Waals surface area (Å²) in [5.41, 5.74) is 7.14. The highest BCUT2D eigenvalue weighted by atomic mass is 32.2. The van der Waals surface area contributed by atoms with E-state index in [1.54, 1.807) is 0 Å². The van der Waals surface area contributed by atoms with Gasteiger partial charge in [0.1, 0.15) is 5.82 Å². The molecule has 1 heterocycles. The van der Waals surface area contributed by atoms with Gasteiger partial charge in [0.25, 0.3) is 0 Å². The number of hydrogen-bond donors (Lipinski definition) is 1. The third-order valence-electron chi connectivity index (χ3n) is 2.72. The number of nitrogens with two attached hydrogens (primary N) is 1. The number of hydrogen-bond acceptors (Lipinski definition) is 3. The standard InChI is InChI=1S/C11H15FN2OS/c12-10-5-9(8-13)6-11(7-10)14-1-3-16(15)4-2-14/h5-7H,1-4,8,13H2. The van der Waals surface area contributed by atoms with Crippen LogP contribution in [0.15, 0.2) is 18.2 Å². The average Bonchev–Trinajstić information content (AvgIpc) is 2.29. The van der Waals surface area contributed by atoms with E-state index in [-0.39, 0.29) is 5.82 Å². The second kappa shape index (κ2) is 4.93. The minimum atomic E-state index is -0.707. The lowest BCUT2D eigenvalue weighted by atomic mass is 10.2. The van der Waals surface area contributed by atoms with E-state index in [9.17, 15) is 8.60 Å². The van der Waals surface area contributed by atoms with E-state index in [1.165, 1.54) is 12.1 Å². The normalized spacial score (nSPS) is 17.8. The topological polar surface area (TPSA) is 46.3 Å². The lowest BCUT2D eigenvalue weighted by Crippen LogP contribution is -2.37. The molecular formula is C11H15FN2OS. The molecule has 0 radical (unpaired) electrons. The van der Waals surface area contributed by atoms with Crippen molar-refractivity contribution < 1.29 is 8.60 Å². The van der Waals surface area contributed by atoms with E-state index in [2.05, 4.69) is 4.90 Å². The average molecular weight is 242 g/mol. The summed E-state index contributed by atoms with van der Waals surface area (Å²) in [6.45, 7) is 1.78. The Kier molecular flexibility index (Phi) is 3.56. The van der Waals surface area contributed by atoms with Gasteiger partial charge in [-0.1, -0.05) is 0 Å². The minimum Gasteiger partial charge on any atom is -0.370 e. The molecule has 1 aliphatic rings. The molecule has 0 atom stereocenters. The van der Waals surface area contributed by atoms with Crippen LogP contribution < -0.4 is 10.6 Å². The summed E-state index contributed by atoms with van der Waals surface area (Å²) < 4.78 is 24.5. The van der Waals surface area contributed by atoms with Crippen LogP contribution in [0, 0.1) is 5.82 Å². The number of rotatable bonds is 2. The van der Waals surface area contributed by atoms with Crippen molar-refractivity contribution in [3.05, 3.63) is 29.6 Å². The van der Waals surface area contributed by atoms with Crippen LogP contribution in [0.4, 0.5) is 10.1 Å². The summed E-state index contributed by atoms with van der Waals surface area (Å²) >= 11 is 0. The van der Waals surface area contributed by atoms with Gasteiger partial charge in [-0.15, -0.1) is 0 Å². The molecule has 1 aromatic carbocycles. The number of benzene rings is 1. The maximum Gasteiger partial charge on any atom is 0.125 e. The van der Waals surface area contributed by atoms with Crippen LogP contribution >= 0.6 is 0 Å². The van der Waals surface area contributed by atoms with Gasteiger partial charge in [0.05, 0.1) is 0 Å². The van der Waals surface area contributed by atoms with Crippen molar-refractivity contribution in [2.24, 2.45) is 5.73 Å². The Morgan fingerprint density at radius 1 is 1.31 bits per heavy atom. The zero-order valence-electron chi connectivity index (χ0n) is 8.99. The lowest BCUT2D eigenvalue weighted by molar-refractivity contribution is 0.624. The van der Waals surface area contributed by atoms with E-state index in [4.69, 9.17) is 5.73 Å². The largest absolute Gasteiger partial charge is 0.370 e. The first-order valence-electron chi connectivity index (χ1n) is 5.28. The van der Waals surface area contributed by atoms with Crippen molar-refractivity contribution in [3.8, 4) is 0 Å². The third-order valence-corrected chi connectivity index (χ3v) is 4.00. The predicted octanol–water partition coefficient (Wildman–Crippen LogP) is 0.853. The first kappa shape index (κ1) is 11.5. The van der Waals surface area contributed by atoms with Gasteiger partial charge >= 0.3 is 0 Å². The lowest BCUT2D eigenvalue weighted by Gasteiger charge is -2.28. The molecule has 3 nitrogen and oxygen atoms in total. The van der Waals surface area contributed by atoms with Crippen LogP contribution in [-0.4, -0.2) is 28.8 Å². The van der Waals surface area contributed by atoms with Gasteiger partial charge in [0.15, 0.2) is 0 Å². The van der Waals surface area contributed by atoms with Crippen LogP contribution in [0.2, 0.25) is 0 Å². The molecule has 0 saturated carbocycles. The van der Waals surface area contributed by atoms with Crippen LogP contribution in [0.3, 0.4) is 0 Å². The monoisotopic (exact) mass is 242 g/mol. The van der Waals surface area contributed by atoms with Gasteiger partial charge in [-0.25, -0.2) is 4.39 Å². The van der Waals surface area contributed by atoms with Crippen molar-refractivity contribution in [1.29, 1.82) is 0 Å². The molecule has 0 spiro atoms. The Hall–Kier alpha value is -0.940. The molecule has 1 fully saturated rings. The highest BCUT2D eigenvalue weighted by Gasteiger charge is 2.16. The van der Waals surface area contributed by atoms with Crippen LogP contribution in [0.25, 0.3) is 0 Å². The molecule has 2 rings (SSSR count). The Bertz CT molecular complexity index is 401. The van der Waals surface area contributed by atoms with Crippen molar-refractivity contribution in [2.45, 2.75) is 6.54 Å². The Labute approximate surface area is 96.9 Å². The molecule has 0 aliphatic carbocycles. The van der Waals surface area contributed by atoms with Gasteiger partial charge in [-0.05, 0) is 23.8 Å². The summed E-state index contributed by atoms with van der Waals surface area (Å²) in [6.07, 6.45) is 0. The molecule has 88 valence electrons. The predicted molar refractivity (Wildman–Crippen MR) is 64.4 cm³/mol. The molecule has 0 amide bonds. The Balaban J connectivity index is 2.19. The summed E-state index contributed by atoms with van der Waals surface area (Å²) in [7, 11) is -0.707. The zero-order chi connectivity index (χ0) is 11.5. The van der Waals surface area contributed by atoms with Crippen LogP contribution in [0.5, 0.6) is 0 Å².